The zero-order valence-electron chi connectivity index (χ0n) is 27.2. The smallest absolute Gasteiger partial charge is 0.338 e. The molecule has 0 saturated carbocycles. The molecule has 5 rings (SSSR count). The molecule has 3 N–H and O–H groups in total. The first kappa shape index (κ1) is 34.9. The molecule has 2 aliphatic rings. The lowest BCUT2D eigenvalue weighted by molar-refractivity contribution is -0.139. The third kappa shape index (κ3) is 8.54. The summed E-state index contributed by atoms with van der Waals surface area (Å²) in [4.78, 5) is 37.4. The number of carbonyl (C=O) groups excluding carboxylic acids is 3. The molecule has 0 unspecified atom stereocenters. The first-order chi connectivity index (χ1) is 23.7. The highest BCUT2D eigenvalue weighted by Gasteiger charge is 2.32. The van der Waals surface area contributed by atoms with Crippen LogP contribution in [0.1, 0.15) is 43.5 Å². The second-order valence-corrected chi connectivity index (χ2v) is 11.4. The van der Waals surface area contributed by atoms with Crippen LogP contribution in [0, 0.1) is 0 Å². The first-order valence-corrected chi connectivity index (χ1v) is 16.1. The van der Waals surface area contributed by atoms with Crippen LogP contribution in [0.25, 0.3) is 0 Å². The molecule has 0 aliphatic carbocycles. The number of nitrogens with zero attached hydrogens (tertiary/aromatic N) is 1. The normalized spacial score (nSPS) is 15.0. The minimum atomic E-state index is -0.785. The Labute approximate surface area is 290 Å². The topological polar surface area (TPSA) is 164 Å². The molecule has 258 valence electrons. The number of amides is 3. The summed E-state index contributed by atoms with van der Waals surface area (Å²) in [5.41, 5.74) is 5.17. The van der Waals surface area contributed by atoms with Gasteiger partial charge in [0.25, 0.3) is 5.91 Å². The third-order valence-corrected chi connectivity index (χ3v) is 7.79. The maximum absolute atomic E-state index is 12.7. The van der Waals surface area contributed by atoms with E-state index in [4.69, 9.17) is 33.2 Å². The average molecular weight is 740 g/mol. The van der Waals surface area contributed by atoms with Crippen molar-refractivity contribution in [1.82, 2.24) is 16.1 Å². The minimum Gasteiger partial charge on any atom is -0.493 e. The van der Waals surface area contributed by atoms with Crippen molar-refractivity contribution in [3.05, 3.63) is 81.0 Å². The molecule has 3 amide bonds. The first-order valence-electron chi connectivity index (χ1n) is 15.3. The Balaban J connectivity index is 1.20. The van der Waals surface area contributed by atoms with E-state index in [1.54, 1.807) is 44.2 Å². The maximum atomic E-state index is 12.7. The monoisotopic (exact) mass is 738 g/mol. The van der Waals surface area contributed by atoms with Crippen LogP contribution >= 0.6 is 15.9 Å². The number of esters is 1. The molecular weight excluding hydrogens is 704 g/mol. The maximum Gasteiger partial charge on any atom is 0.338 e. The molecule has 0 spiro atoms. The number of benzene rings is 3. The Hall–Kier alpha value is -5.44. The van der Waals surface area contributed by atoms with Gasteiger partial charge < -0.3 is 43.8 Å². The molecule has 0 saturated heterocycles. The van der Waals surface area contributed by atoms with Gasteiger partial charge in [-0.15, -0.1) is 0 Å². The fraction of sp³-hybridized carbons (Fsp3) is 0.294. The molecular formula is C34H35BrN4O10. The number of ether oxygens (including phenoxy) is 7. The van der Waals surface area contributed by atoms with Gasteiger partial charge in [0.05, 0.1) is 42.6 Å². The SMILES string of the molecule is CCOC(=O)C1=C(C)NC(=O)N[C@@H]1c1ccc(OCC(=O)N/N=C\c2cc(Br)c(OCc3ccc4c(c3)OCO4)c(OCC)c2)c(OC)c1. The molecule has 0 aromatic heterocycles. The number of urea groups is 1. The summed E-state index contributed by atoms with van der Waals surface area (Å²) in [7, 11) is 1.44. The number of allylic oxidation sites excluding steroid dienone is 1. The van der Waals surface area contributed by atoms with Crippen LogP contribution in [-0.2, 0) is 20.9 Å². The van der Waals surface area contributed by atoms with E-state index in [0.29, 0.717) is 50.9 Å². The molecule has 0 radical (unpaired) electrons. The quantitative estimate of drug-likeness (QED) is 0.118. The molecule has 3 aromatic rings. The van der Waals surface area contributed by atoms with Gasteiger partial charge in [-0.05, 0) is 89.8 Å². The van der Waals surface area contributed by atoms with Gasteiger partial charge >= 0.3 is 12.0 Å². The van der Waals surface area contributed by atoms with Crippen LogP contribution in [0.5, 0.6) is 34.5 Å². The highest BCUT2D eigenvalue weighted by atomic mass is 79.9. The van der Waals surface area contributed by atoms with Gasteiger partial charge in [0.1, 0.15) is 6.61 Å². The Morgan fingerprint density at radius 3 is 2.59 bits per heavy atom. The predicted molar refractivity (Wildman–Crippen MR) is 180 cm³/mol. The third-order valence-electron chi connectivity index (χ3n) is 7.20. The summed E-state index contributed by atoms with van der Waals surface area (Å²) in [6, 6.07) is 12.7. The van der Waals surface area contributed by atoms with Crippen molar-refractivity contribution in [2.24, 2.45) is 5.10 Å². The van der Waals surface area contributed by atoms with Gasteiger partial charge in [0.2, 0.25) is 6.79 Å². The van der Waals surface area contributed by atoms with E-state index >= 15 is 0 Å². The van der Waals surface area contributed by atoms with E-state index in [9.17, 15) is 14.4 Å². The number of rotatable bonds is 14. The fourth-order valence-corrected chi connectivity index (χ4v) is 5.59. The van der Waals surface area contributed by atoms with Gasteiger partial charge in [0.15, 0.2) is 41.1 Å². The predicted octanol–water partition coefficient (Wildman–Crippen LogP) is 4.88. The molecule has 15 heteroatoms. The lowest BCUT2D eigenvalue weighted by atomic mass is 9.95. The number of carbonyl (C=O) groups is 3. The Morgan fingerprint density at radius 1 is 1.00 bits per heavy atom. The Bertz CT molecular complexity index is 1790. The van der Waals surface area contributed by atoms with Crippen molar-refractivity contribution >= 4 is 40.1 Å². The number of nitrogens with one attached hydrogen (secondary N) is 3. The van der Waals surface area contributed by atoms with E-state index in [1.807, 2.05) is 25.1 Å². The minimum absolute atomic E-state index is 0.176. The van der Waals surface area contributed by atoms with E-state index < -0.39 is 23.9 Å². The highest BCUT2D eigenvalue weighted by Crippen LogP contribution is 2.39. The van der Waals surface area contributed by atoms with Crippen molar-refractivity contribution in [3.63, 3.8) is 0 Å². The molecule has 0 bridgehead atoms. The Morgan fingerprint density at radius 2 is 1.82 bits per heavy atom. The fourth-order valence-electron chi connectivity index (χ4n) is 5.01. The van der Waals surface area contributed by atoms with Gasteiger partial charge in [-0.3, -0.25) is 4.79 Å². The van der Waals surface area contributed by atoms with Crippen LogP contribution in [0.15, 0.2) is 69.4 Å². The van der Waals surface area contributed by atoms with Crippen LogP contribution in [0.4, 0.5) is 4.79 Å². The number of fused-ring (bicyclic) bond motifs is 1. The van der Waals surface area contributed by atoms with Crippen LogP contribution < -0.4 is 44.5 Å². The average Bonchev–Trinajstić information content (AvgIpc) is 3.55. The van der Waals surface area contributed by atoms with Crippen molar-refractivity contribution in [2.45, 2.75) is 33.4 Å². The van der Waals surface area contributed by atoms with Crippen molar-refractivity contribution in [1.29, 1.82) is 0 Å². The highest BCUT2D eigenvalue weighted by molar-refractivity contribution is 9.10. The van der Waals surface area contributed by atoms with E-state index in [2.05, 4.69) is 37.1 Å². The van der Waals surface area contributed by atoms with Crippen LogP contribution in [0.2, 0.25) is 0 Å². The van der Waals surface area contributed by atoms with E-state index in [1.165, 1.54) is 13.3 Å². The largest absolute Gasteiger partial charge is 0.493 e. The summed E-state index contributed by atoms with van der Waals surface area (Å²) < 4.78 is 39.7. The number of hydrogen-bond donors (Lipinski definition) is 3. The molecule has 3 aromatic carbocycles. The summed E-state index contributed by atoms with van der Waals surface area (Å²) >= 11 is 3.55. The summed E-state index contributed by atoms with van der Waals surface area (Å²) in [6.45, 7) is 5.86. The van der Waals surface area contributed by atoms with E-state index in [-0.39, 0.29) is 43.7 Å². The van der Waals surface area contributed by atoms with Gasteiger partial charge in [-0.25, -0.2) is 15.0 Å². The van der Waals surface area contributed by atoms with Gasteiger partial charge in [0, 0.05) is 5.70 Å². The lowest BCUT2D eigenvalue weighted by Gasteiger charge is -2.28. The zero-order chi connectivity index (χ0) is 34.9. The zero-order valence-corrected chi connectivity index (χ0v) is 28.8. The number of halogens is 1. The second kappa shape index (κ2) is 16.1. The van der Waals surface area contributed by atoms with Crippen molar-refractivity contribution in [2.75, 3.05) is 33.7 Å². The number of hydrogen-bond acceptors (Lipinski definition) is 11. The van der Waals surface area contributed by atoms with E-state index in [0.717, 1.165) is 5.56 Å². The lowest BCUT2D eigenvalue weighted by Crippen LogP contribution is -2.45. The van der Waals surface area contributed by atoms with Gasteiger partial charge in [-0.2, -0.15) is 5.10 Å². The van der Waals surface area contributed by atoms with Crippen LogP contribution in [-0.4, -0.2) is 57.8 Å². The molecule has 1 atom stereocenters. The molecule has 2 aliphatic heterocycles. The second-order valence-electron chi connectivity index (χ2n) is 10.5. The van der Waals surface area contributed by atoms with Gasteiger partial charge in [-0.1, -0.05) is 12.1 Å². The van der Waals surface area contributed by atoms with Crippen molar-refractivity contribution in [3.8, 4) is 34.5 Å². The number of hydrazone groups is 1. The molecule has 14 nitrogen and oxygen atoms in total. The summed E-state index contributed by atoms with van der Waals surface area (Å²) in [5, 5.41) is 9.38. The van der Waals surface area contributed by atoms with Crippen molar-refractivity contribution < 1.29 is 47.5 Å². The number of methoxy groups -OCH3 is 1. The molecule has 2 heterocycles. The summed E-state index contributed by atoms with van der Waals surface area (Å²) in [6.07, 6.45) is 1.46. The van der Waals surface area contributed by atoms with Crippen LogP contribution in [0.3, 0.4) is 0 Å². The molecule has 0 fully saturated rings. The molecule has 49 heavy (non-hydrogen) atoms. The Kier molecular flexibility index (Phi) is 11.5. The summed E-state index contributed by atoms with van der Waals surface area (Å²) in [5.74, 6) is 1.85. The standard InChI is InChI=1S/C34H35BrN4O10/c1-5-44-28-13-21(11-23(35)32(28)47-16-20-7-9-25-27(12-20)49-18-48-25)15-36-39-29(40)17-46-24-10-8-22(14-26(24)43-4)31-30(33(41)45-6-2)19(3)37-34(42)38-31/h7-15,31H,5-6,16-18H2,1-4H3,(H,39,40)(H2,37,38,42)/b36-15-/t31-/m1/s1.